The van der Waals surface area contributed by atoms with E-state index in [1.165, 1.54) is 0 Å². The van der Waals surface area contributed by atoms with Crippen LogP contribution in [0.1, 0.15) is 12.8 Å². The number of rotatable bonds is 1. The summed E-state index contributed by atoms with van der Waals surface area (Å²) >= 11 is 5.41. The molecular weight excluding hydrogens is 160 g/mol. The van der Waals surface area contributed by atoms with E-state index in [0.29, 0.717) is 5.75 Å². The molecule has 0 saturated carbocycles. The Morgan fingerprint density at radius 3 is 2.44 bits per heavy atom. The highest BCUT2D eigenvalue weighted by Gasteiger charge is 2.29. The van der Waals surface area contributed by atoms with Crippen LogP contribution in [0.2, 0.25) is 0 Å². The average molecular weight is 169 g/mol. The quantitative estimate of drug-likeness (QED) is 0.543. The maximum Gasteiger partial charge on any atom is 0.154 e. The molecule has 0 aromatic heterocycles. The number of sulfone groups is 1. The Labute approximate surface area is 60.1 Å². The van der Waals surface area contributed by atoms with Crippen LogP contribution in [0.5, 0.6) is 0 Å². The molecule has 1 aliphatic heterocycles. The third-order valence-corrected chi connectivity index (χ3v) is 4.47. The number of hydrogen-bond donors (Lipinski definition) is 0. The van der Waals surface area contributed by atoms with Crippen LogP contribution in [0.3, 0.4) is 0 Å². The molecule has 1 saturated heterocycles. The molecule has 0 radical (unpaired) electrons. The molecule has 0 bridgehead atoms. The fourth-order valence-electron chi connectivity index (χ4n) is 1.03. The first-order valence-corrected chi connectivity index (χ1v) is 5.19. The van der Waals surface area contributed by atoms with Gasteiger partial charge in [0.1, 0.15) is 0 Å². The Morgan fingerprint density at radius 1 is 1.56 bits per heavy atom. The summed E-state index contributed by atoms with van der Waals surface area (Å²) < 4.78 is 21.8. The molecule has 1 aliphatic rings. The van der Waals surface area contributed by atoms with Crippen molar-refractivity contribution in [3.05, 3.63) is 0 Å². The van der Waals surface area contributed by atoms with Gasteiger partial charge in [-0.25, -0.2) is 8.42 Å². The highest BCUT2D eigenvalue weighted by atomic mass is 35.5. The van der Waals surface area contributed by atoms with Gasteiger partial charge in [0, 0.05) is 5.88 Å². The third kappa shape index (κ3) is 1.38. The van der Waals surface area contributed by atoms with E-state index in [-0.39, 0.29) is 11.1 Å². The van der Waals surface area contributed by atoms with Gasteiger partial charge in [-0.2, -0.15) is 0 Å². The molecule has 0 unspecified atom stereocenters. The maximum absolute atomic E-state index is 10.9. The SMILES string of the molecule is O=S1(=O)CCC[C@H]1CCl. The summed E-state index contributed by atoms with van der Waals surface area (Å²) in [6, 6.07) is 0. The summed E-state index contributed by atoms with van der Waals surface area (Å²) in [6.45, 7) is 0. The van der Waals surface area contributed by atoms with Crippen LogP contribution in [-0.2, 0) is 9.84 Å². The van der Waals surface area contributed by atoms with Crippen molar-refractivity contribution in [2.24, 2.45) is 0 Å². The fraction of sp³-hybridized carbons (Fsp3) is 1.00. The van der Waals surface area contributed by atoms with Gasteiger partial charge in [-0.05, 0) is 12.8 Å². The molecule has 0 N–H and O–H groups in total. The van der Waals surface area contributed by atoms with Crippen molar-refractivity contribution in [2.75, 3.05) is 11.6 Å². The van der Waals surface area contributed by atoms with Crippen molar-refractivity contribution in [3.8, 4) is 0 Å². The van der Waals surface area contributed by atoms with Crippen LogP contribution >= 0.6 is 11.6 Å². The van der Waals surface area contributed by atoms with E-state index < -0.39 is 9.84 Å². The summed E-state index contributed by atoms with van der Waals surface area (Å²) in [5, 5.41) is -0.251. The summed E-state index contributed by atoms with van der Waals surface area (Å²) in [4.78, 5) is 0. The van der Waals surface area contributed by atoms with Gasteiger partial charge >= 0.3 is 0 Å². The molecule has 0 aromatic carbocycles. The summed E-state index contributed by atoms with van der Waals surface area (Å²) in [6.07, 6.45) is 1.55. The van der Waals surface area contributed by atoms with E-state index in [1.807, 2.05) is 0 Å². The lowest BCUT2D eigenvalue weighted by Gasteiger charge is -2.00. The zero-order chi connectivity index (χ0) is 6.91. The van der Waals surface area contributed by atoms with Crippen molar-refractivity contribution < 1.29 is 8.42 Å². The summed E-state index contributed by atoms with van der Waals surface area (Å²) in [5.74, 6) is 0.604. The molecular formula is C5H9ClO2S. The second-order valence-electron chi connectivity index (χ2n) is 2.29. The molecule has 54 valence electrons. The van der Waals surface area contributed by atoms with E-state index in [9.17, 15) is 8.42 Å². The van der Waals surface area contributed by atoms with Crippen LogP contribution in [0.4, 0.5) is 0 Å². The standard InChI is InChI=1S/C5H9ClO2S/c6-4-5-2-1-3-9(5,7)8/h5H,1-4H2/t5-/m0/s1. The predicted octanol–water partition coefficient (Wildman–Crippen LogP) is 0.802. The molecule has 1 rings (SSSR count). The van der Waals surface area contributed by atoms with Gasteiger partial charge in [-0.1, -0.05) is 0 Å². The number of alkyl halides is 1. The van der Waals surface area contributed by atoms with Crippen molar-refractivity contribution in [1.82, 2.24) is 0 Å². The molecule has 9 heavy (non-hydrogen) atoms. The van der Waals surface area contributed by atoms with Crippen molar-refractivity contribution >= 4 is 21.4 Å². The molecule has 1 atom stereocenters. The lowest BCUT2D eigenvalue weighted by molar-refractivity contribution is 0.594. The summed E-state index contributed by atoms with van der Waals surface area (Å²) in [7, 11) is -2.77. The lowest BCUT2D eigenvalue weighted by Crippen LogP contribution is -2.16. The minimum absolute atomic E-state index is 0.251. The van der Waals surface area contributed by atoms with E-state index in [0.717, 1.165) is 12.8 Å². The van der Waals surface area contributed by atoms with Gasteiger partial charge in [-0.15, -0.1) is 11.6 Å². The van der Waals surface area contributed by atoms with Gasteiger partial charge in [0.2, 0.25) is 0 Å². The Morgan fingerprint density at radius 2 is 2.22 bits per heavy atom. The van der Waals surface area contributed by atoms with Gasteiger partial charge in [0.25, 0.3) is 0 Å². The first-order valence-electron chi connectivity index (χ1n) is 2.94. The molecule has 0 aromatic rings. The van der Waals surface area contributed by atoms with Crippen molar-refractivity contribution in [3.63, 3.8) is 0 Å². The van der Waals surface area contributed by atoms with Gasteiger partial charge < -0.3 is 0 Å². The predicted molar refractivity (Wildman–Crippen MR) is 37.5 cm³/mol. The first kappa shape index (κ1) is 7.35. The van der Waals surface area contributed by atoms with Crippen LogP contribution in [-0.4, -0.2) is 25.3 Å². The molecule has 1 heterocycles. The van der Waals surface area contributed by atoms with Crippen molar-refractivity contribution in [1.29, 1.82) is 0 Å². The smallest absolute Gasteiger partial charge is 0.154 e. The zero-order valence-corrected chi connectivity index (χ0v) is 6.58. The second kappa shape index (κ2) is 2.46. The molecule has 0 amide bonds. The lowest BCUT2D eigenvalue weighted by atomic mass is 10.3. The van der Waals surface area contributed by atoms with E-state index in [2.05, 4.69) is 0 Å². The first-order chi connectivity index (χ1) is 4.17. The average Bonchev–Trinajstić information content (AvgIpc) is 2.08. The van der Waals surface area contributed by atoms with Crippen LogP contribution in [0, 0.1) is 0 Å². The highest BCUT2D eigenvalue weighted by Crippen LogP contribution is 2.20. The minimum atomic E-state index is -2.77. The second-order valence-corrected chi connectivity index (χ2v) is 4.99. The van der Waals surface area contributed by atoms with Crippen LogP contribution < -0.4 is 0 Å². The number of hydrogen-bond acceptors (Lipinski definition) is 2. The van der Waals surface area contributed by atoms with Crippen molar-refractivity contribution in [2.45, 2.75) is 18.1 Å². The molecule has 2 nitrogen and oxygen atoms in total. The topological polar surface area (TPSA) is 34.1 Å². The Balaban J connectivity index is 2.75. The molecule has 0 spiro atoms. The normalized spacial score (nSPS) is 32.8. The van der Waals surface area contributed by atoms with Crippen LogP contribution in [0.15, 0.2) is 0 Å². The summed E-state index contributed by atoms with van der Waals surface area (Å²) in [5.41, 5.74) is 0. The Kier molecular flexibility index (Phi) is 2.01. The van der Waals surface area contributed by atoms with Gasteiger partial charge in [-0.3, -0.25) is 0 Å². The molecule has 4 heteroatoms. The van der Waals surface area contributed by atoms with E-state index in [4.69, 9.17) is 11.6 Å². The maximum atomic E-state index is 10.9. The highest BCUT2D eigenvalue weighted by molar-refractivity contribution is 7.92. The van der Waals surface area contributed by atoms with Gasteiger partial charge in [0.15, 0.2) is 9.84 Å². The van der Waals surface area contributed by atoms with E-state index >= 15 is 0 Å². The number of halogens is 1. The van der Waals surface area contributed by atoms with Crippen LogP contribution in [0.25, 0.3) is 0 Å². The van der Waals surface area contributed by atoms with Gasteiger partial charge in [0.05, 0.1) is 11.0 Å². The largest absolute Gasteiger partial charge is 0.229 e. The minimum Gasteiger partial charge on any atom is -0.229 e. The monoisotopic (exact) mass is 168 g/mol. The zero-order valence-electron chi connectivity index (χ0n) is 5.01. The molecule has 1 fully saturated rings. The Hall–Kier alpha value is 0.240. The Bertz CT molecular complexity index is 185. The molecule has 0 aliphatic carbocycles. The van der Waals surface area contributed by atoms with E-state index in [1.54, 1.807) is 0 Å². The fourth-order valence-corrected chi connectivity index (χ4v) is 3.38. The third-order valence-electron chi connectivity index (χ3n) is 1.63.